The van der Waals surface area contributed by atoms with Gasteiger partial charge in [0.25, 0.3) is 0 Å². The van der Waals surface area contributed by atoms with Gasteiger partial charge in [-0.2, -0.15) is 0 Å². The van der Waals surface area contributed by atoms with E-state index in [0.717, 1.165) is 0 Å². The standard InChI is InChI=1S/4C18H15P.CH2Cl2.6CO.2Au.2Ni.2Pt/c4*1-4-10-16(11-5-1)19(17-12-6-2-7-13-17)18-14-8-3-9-15-18;2-1-3;6*1-2;;;;;;/h4*1-15H;1H2;;;;;;;;;;;;. The third-order valence-electron chi connectivity index (χ3n) is 12.2. The molecule has 0 saturated carbocycles. The van der Waals surface area contributed by atoms with Crippen molar-refractivity contribution >= 4 is 119 Å². The van der Waals surface area contributed by atoms with E-state index < -0.39 is 31.7 Å². The van der Waals surface area contributed by atoms with E-state index in [0.29, 0.717) is 0 Å². The summed E-state index contributed by atoms with van der Waals surface area (Å²) in [6.45, 7) is 27.0. The number of hydrogen-bond acceptors (Lipinski definition) is 0. The van der Waals surface area contributed by atoms with Gasteiger partial charge in [-0.05, 0) is 95.3 Å². The Bertz CT molecular complexity index is 2940. The number of halogens is 2. The molecule has 12 rings (SSSR count). The topological polar surface area (TPSA) is 119 Å². The van der Waals surface area contributed by atoms with Crippen LogP contribution in [0.25, 0.3) is 0 Å². The molecule has 0 amide bonds. The van der Waals surface area contributed by atoms with Crippen molar-refractivity contribution in [1.82, 2.24) is 0 Å². The van der Waals surface area contributed by atoms with E-state index in [2.05, 4.69) is 404 Å². The van der Waals surface area contributed by atoms with Crippen LogP contribution in [0.5, 0.6) is 0 Å². The Morgan fingerprint density at radius 3 is 0.278 bits per heavy atom. The minimum Gasteiger partial charge on any atom is -0.0622 e. The van der Waals surface area contributed by atoms with Crippen molar-refractivity contribution in [3.8, 4) is 0 Å². The Hall–Kier alpha value is -4.78. The molecule has 0 aliphatic carbocycles. The van der Waals surface area contributed by atoms with Gasteiger partial charge >= 0.3 is 67.8 Å². The van der Waals surface area contributed by atoms with Crippen LogP contribution in [0.1, 0.15) is 0 Å². The van der Waals surface area contributed by atoms with E-state index >= 15 is 0 Å². The SMILES string of the molecule is ClCCl.[Au].[Au].[C-]#[O+].[C-]#[O+].[C-]#[O+].[C-]#[O+].[C-]#[O+].[C-]#[O+].[Ni].[Ni].[Pt].[Pt].c1ccc(P(c2ccccc2)c2ccccc2)cc1.c1ccc(P(c2ccccc2)c2ccccc2)cc1.c1ccc(P(c2ccccc2)c2ccccc2)cc1.c1ccc(P(c2ccccc2)c2ccccc2)cc1. The molecule has 0 atom stereocenters. The van der Waals surface area contributed by atoms with Gasteiger partial charge in [-0.1, -0.05) is 364 Å². The number of benzene rings is 12. The number of alkyl halides is 2. The summed E-state index contributed by atoms with van der Waals surface area (Å²) in [6, 6.07) is 129. The maximum absolute atomic E-state index is 7.50. The van der Waals surface area contributed by atoms with Crippen molar-refractivity contribution in [2.75, 3.05) is 5.34 Å². The molecule has 0 fully saturated rings. The van der Waals surface area contributed by atoms with Gasteiger partial charge < -0.3 is 0 Å². The second-order valence-electron chi connectivity index (χ2n) is 17.5. The molecule has 0 unspecified atom stereocenters. The van der Waals surface area contributed by atoms with Crippen molar-refractivity contribution in [1.29, 1.82) is 0 Å². The molecule has 0 heterocycles. The predicted octanol–water partition coefficient (Wildman–Crippen LogP) is 15.0. The van der Waals surface area contributed by atoms with Crippen molar-refractivity contribution in [3.63, 3.8) is 0 Å². The molecule has 12 aromatic carbocycles. The molecule has 0 aliphatic heterocycles. The zero-order valence-corrected chi connectivity index (χ0v) is 67.2. The maximum Gasteiger partial charge on any atom is 0 e. The third-order valence-corrected chi connectivity index (χ3v) is 21.9. The molecule has 6 nitrogen and oxygen atoms in total. The molecule has 0 aliphatic rings. The van der Waals surface area contributed by atoms with Gasteiger partial charge in [-0.15, -0.1) is 23.2 Å². The quantitative estimate of drug-likeness (QED) is 0.0381. The molecular weight excluding hydrogens is 2140 g/mol. The van der Waals surface area contributed by atoms with Crippen molar-refractivity contribution in [3.05, 3.63) is 404 Å². The van der Waals surface area contributed by atoms with E-state index in [4.69, 9.17) is 51.1 Å². The van der Waals surface area contributed by atoms with Crippen LogP contribution < -0.4 is 63.7 Å². The van der Waals surface area contributed by atoms with E-state index in [-0.39, 0.29) is 125 Å². The van der Waals surface area contributed by atoms with E-state index in [9.17, 15) is 0 Å². The second-order valence-corrected chi connectivity index (χ2v) is 27.2. The average Bonchev–Trinajstić information content (AvgIpc) is 1.61. The summed E-state index contributed by atoms with van der Waals surface area (Å²) in [5.74, 6) is 0. The number of rotatable bonds is 12. The van der Waals surface area contributed by atoms with Crippen LogP contribution in [0.3, 0.4) is 0 Å². The summed E-state index contributed by atoms with van der Waals surface area (Å²) >= 11 is 9.53. The minimum atomic E-state index is -0.446. The van der Waals surface area contributed by atoms with Gasteiger partial charge in [-0.25, -0.2) is 0 Å². The van der Waals surface area contributed by atoms with Crippen LogP contribution in [0, 0.1) is 39.9 Å². The van der Waals surface area contributed by atoms with E-state index in [1.54, 1.807) is 0 Å². The maximum atomic E-state index is 7.50. The van der Waals surface area contributed by atoms with Gasteiger partial charge in [-0.3, -0.25) is 0 Å². The molecule has 0 N–H and O–H groups in total. The molecule has 12 aromatic rings. The summed E-state index contributed by atoms with van der Waals surface area (Å²) in [7, 11) is -1.78. The van der Waals surface area contributed by atoms with Gasteiger partial charge in [0.1, 0.15) is 0 Å². The first kappa shape index (κ1) is 101. The normalized spacial score (nSPS) is 8.60. The Balaban J connectivity index is -0.000000356. The van der Waals surface area contributed by atoms with Crippen LogP contribution in [-0.2, 0) is 148 Å². The molecule has 0 spiro atoms. The first-order valence-electron chi connectivity index (χ1n) is 27.4. The van der Waals surface area contributed by atoms with Crippen LogP contribution in [-0.4, -0.2) is 5.34 Å². The third kappa shape index (κ3) is 37.5. The minimum absolute atomic E-state index is 0. The van der Waals surface area contributed by atoms with Crippen LogP contribution in [0.2, 0.25) is 0 Å². The first-order valence-corrected chi connectivity index (χ1v) is 33.8. The van der Waals surface area contributed by atoms with Crippen LogP contribution >= 0.6 is 54.9 Å². The monoisotopic (exact) mass is 2200 g/mol. The largest absolute Gasteiger partial charge is 0.0622 e. The fourth-order valence-electron chi connectivity index (χ4n) is 8.71. The molecule has 510 valence electrons. The zero-order chi connectivity index (χ0) is 66.4. The molecule has 18 heteroatoms. The van der Waals surface area contributed by atoms with E-state index in [1.165, 1.54) is 63.7 Å². The summed E-state index contributed by atoms with van der Waals surface area (Å²) in [4.78, 5) is 0. The van der Waals surface area contributed by atoms with Crippen molar-refractivity contribution in [2.24, 2.45) is 0 Å². The molecular formula is C79H62Au2Cl2Ni2O6P4Pt2. The van der Waals surface area contributed by atoms with Crippen LogP contribution in [0.15, 0.2) is 364 Å². The van der Waals surface area contributed by atoms with Crippen molar-refractivity contribution in [2.45, 2.75) is 0 Å². The molecule has 97 heavy (non-hydrogen) atoms. The zero-order valence-electron chi connectivity index (χ0n) is 51.2. The van der Waals surface area contributed by atoms with Crippen LogP contribution in [0.4, 0.5) is 0 Å². The Kier molecular flexibility index (Phi) is 71.1. The predicted molar refractivity (Wildman–Crippen MR) is 381 cm³/mol. The summed E-state index contributed by atoms with van der Waals surface area (Å²) in [6.07, 6.45) is 0. The second kappa shape index (κ2) is 68.4. The Labute approximate surface area is 668 Å². The Morgan fingerprint density at radius 2 is 0.227 bits per heavy atom. The molecule has 2 radical (unpaired) electrons. The molecule has 0 bridgehead atoms. The summed E-state index contributed by atoms with van der Waals surface area (Å²) in [5.41, 5.74) is 0. The number of hydrogen-bond donors (Lipinski definition) is 0. The summed E-state index contributed by atoms with van der Waals surface area (Å²) in [5, 5.41) is 17.0. The average molecular weight is 2200 g/mol. The van der Waals surface area contributed by atoms with Gasteiger partial charge in [0.05, 0.1) is 5.34 Å². The fourth-order valence-corrected chi connectivity index (χ4v) is 17.9. The van der Waals surface area contributed by atoms with Gasteiger partial charge in [0.15, 0.2) is 0 Å². The first-order chi connectivity index (χ1) is 45.2. The molecule has 0 aromatic heterocycles. The molecule has 0 saturated heterocycles. The van der Waals surface area contributed by atoms with Crippen molar-refractivity contribution < 1.29 is 148 Å². The fraction of sp³-hybridized carbons (Fsp3) is 0.0127. The smallest absolute Gasteiger partial charge is 0 e. The van der Waals surface area contributed by atoms with Gasteiger partial charge in [0, 0.05) is 120 Å². The Morgan fingerprint density at radius 1 is 0.175 bits per heavy atom. The van der Waals surface area contributed by atoms with E-state index in [1.807, 2.05) is 0 Å². The summed E-state index contributed by atoms with van der Waals surface area (Å²) < 4.78 is 45.0. The van der Waals surface area contributed by atoms with Gasteiger partial charge in [0.2, 0.25) is 0 Å².